The first-order valence-corrected chi connectivity index (χ1v) is 8.31. The van der Waals surface area contributed by atoms with Gasteiger partial charge in [-0.1, -0.05) is 26.2 Å². The monoisotopic (exact) mass is 298 g/mol. The molecule has 1 aliphatic carbocycles. The van der Waals surface area contributed by atoms with Crippen LogP contribution in [0.3, 0.4) is 0 Å². The van der Waals surface area contributed by atoms with Gasteiger partial charge in [0, 0.05) is 18.5 Å². The summed E-state index contributed by atoms with van der Waals surface area (Å²) >= 11 is 0. The molecule has 0 heterocycles. The van der Waals surface area contributed by atoms with Crippen LogP contribution in [0.25, 0.3) is 0 Å². The molecule has 0 aromatic heterocycles. The molecule has 0 aromatic carbocycles. The van der Waals surface area contributed by atoms with Crippen LogP contribution in [0.1, 0.15) is 71.6 Å². The number of hydrogen-bond donors (Lipinski definition) is 3. The molecule has 122 valence electrons. The van der Waals surface area contributed by atoms with Gasteiger partial charge in [0.15, 0.2) is 0 Å². The number of carboxylic acids is 1. The van der Waals surface area contributed by atoms with Gasteiger partial charge in [0.25, 0.3) is 0 Å². The second-order valence-corrected chi connectivity index (χ2v) is 6.22. The Morgan fingerprint density at radius 3 is 2.43 bits per heavy atom. The summed E-state index contributed by atoms with van der Waals surface area (Å²) in [5.41, 5.74) is 0. The topological polar surface area (TPSA) is 78.4 Å². The van der Waals surface area contributed by atoms with Gasteiger partial charge in [0.05, 0.1) is 0 Å². The molecule has 0 bridgehead atoms. The molecular formula is C16H30N2O3. The smallest absolute Gasteiger partial charge is 0.315 e. The molecule has 1 aliphatic rings. The number of carboxylic acid groups (broad SMARTS) is 1. The Bertz CT molecular complexity index is 327. The van der Waals surface area contributed by atoms with Gasteiger partial charge >= 0.3 is 12.0 Å². The first-order chi connectivity index (χ1) is 10.0. The third kappa shape index (κ3) is 7.34. The number of rotatable bonds is 8. The van der Waals surface area contributed by atoms with Crippen LogP contribution in [0.4, 0.5) is 4.79 Å². The Morgan fingerprint density at radius 2 is 1.86 bits per heavy atom. The Kier molecular flexibility index (Phi) is 8.16. The van der Waals surface area contributed by atoms with Gasteiger partial charge in [0.1, 0.15) is 0 Å². The maximum absolute atomic E-state index is 12.0. The molecule has 3 N–H and O–H groups in total. The summed E-state index contributed by atoms with van der Waals surface area (Å²) < 4.78 is 0. The van der Waals surface area contributed by atoms with E-state index in [0.29, 0.717) is 18.8 Å². The molecule has 0 spiro atoms. The molecule has 0 saturated heterocycles. The highest BCUT2D eigenvalue weighted by atomic mass is 16.4. The van der Waals surface area contributed by atoms with Gasteiger partial charge in [-0.25, -0.2) is 4.79 Å². The number of amides is 2. The van der Waals surface area contributed by atoms with Crippen molar-refractivity contribution < 1.29 is 14.7 Å². The minimum Gasteiger partial charge on any atom is -0.481 e. The number of hydrogen-bond acceptors (Lipinski definition) is 2. The van der Waals surface area contributed by atoms with Crippen LogP contribution in [0.5, 0.6) is 0 Å². The fraction of sp³-hybridized carbons (Fsp3) is 0.875. The number of carbonyl (C=O) groups excluding carboxylic acids is 1. The van der Waals surface area contributed by atoms with E-state index in [1.165, 1.54) is 32.1 Å². The van der Waals surface area contributed by atoms with Crippen molar-refractivity contribution in [3.8, 4) is 0 Å². The molecule has 2 atom stereocenters. The zero-order valence-electron chi connectivity index (χ0n) is 13.4. The third-order valence-corrected chi connectivity index (χ3v) is 4.38. The Hall–Kier alpha value is -1.26. The van der Waals surface area contributed by atoms with Crippen molar-refractivity contribution in [1.82, 2.24) is 10.6 Å². The van der Waals surface area contributed by atoms with Gasteiger partial charge in [0.2, 0.25) is 0 Å². The summed E-state index contributed by atoms with van der Waals surface area (Å²) in [6, 6.07) is 0.153. The van der Waals surface area contributed by atoms with Crippen LogP contribution in [0.2, 0.25) is 0 Å². The quantitative estimate of drug-likeness (QED) is 0.643. The van der Waals surface area contributed by atoms with E-state index in [9.17, 15) is 9.59 Å². The summed E-state index contributed by atoms with van der Waals surface area (Å²) in [5.74, 6) is -0.174. The average molecular weight is 298 g/mol. The first-order valence-electron chi connectivity index (χ1n) is 8.31. The van der Waals surface area contributed by atoms with E-state index in [1.54, 1.807) is 0 Å². The molecular weight excluding hydrogens is 268 g/mol. The number of carbonyl (C=O) groups is 2. The molecule has 5 nitrogen and oxygen atoms in total. The van der Waals surface area contributed by atoms with Crippen molar-refractivity contribution in [3.05, 3.63) is 0 Å². The fourth-order valence-corrected chi connectivity index (χ4v) is 3.16. The summed E-state index contributed by atoms with van der Waals surface area (Å²) in [5, 5.41) is 14.6. The second-order valence-electron chi connectivity index (χ2n) is 6.22. The predicted molar refractivity (Wildman–Crippen MR) is 83.3 cm³/mol. The molecule has 0 aliphatic heterocycles. The van der Waals surface area contributed by atoms with Gasteiger partial charge in [-0.2, -0.15) is 0 Å². The van der Waals surface area contributed by atoms with Crippen molar-refractivity contribution >= 4 is 12.0 Å². The van der Waals surface area contributed by atoms with Gasteiger partial charge in [-0.05, 0) is 44.9 Å². The van der Waals surface area contributed by atoms with Crippen LogP contribution < -0.4 is 10.6 Å². The normalized spacial score (nSPS) is 18.8. The van der Waals surface area contributed by atoms with E-state index in [0.717, 1.165) is 6.42 Å². The molecule has 2 amide bonds. The van der Waals surface area contributed by atoms with Crippen molar-refractivity contribution in [2.75, 3.05) is 0 Å². The van der Waals surface area contributed by atoms with E-state index in [-0.39, 0.29) is 24.5 Å². The van der Waals surface area contributed by atoms with E-state index in [4.69, 9.17) is 5.11 Å². The lowest BCUT2D eigenvalue weighted by Crippen LogP contribution is -2.48. The Labute approximate surface area is 127 Å². The minimum absolute atomic E-state index is 0.00760. The van der Waals surface area contributed by atoms with Crippen LogP contribution in [-0.2, 0) is 4.79 Å². The maximum atomic E-state index is 12.0. The minimum atomic E-state index is -0.782. The van der Waals surface area contributed by atoms with E-state index in [1.807, 2.05) is 6.92 Å². The van der Waals surface area contributed by atoms with Gasteiger partial charge in [-0.3, -0.25) is 4.79 Å². The average Bonchev–Trinajstić information content (AvgIpc) is 2.45. The van der Waals surface area contributed by atoms with Crippen molar-refractivity contribution in [2.24, 2.45) is 5.92 Å². The van der Waals surface area contributed by atoms with Crippen LogP contribution in [0.15, 0.2) is 0 Å². The zero-order valence-corrected chi connectivity index (χ0v) is 13.4. The molecule has 0 aromatic rings. The fourth-order valence-electron chi connectivity index (χ4n) is 3.16. The lowest BCUT2D eigenvalue weighted by molar-refractivity contribution is -0.137. The molecule has 0 radical (unpaired) electrons. The van der Waals surface area contributed by atoms with Crippen molar-refractivity contribution in [3.63, 3.8) is 0 Å². The highest BCUT2D eigenvalue weighted by Gasteiger charge is 2.23. The van der Waals surface area contributed by atoms with E-state index < -0.39 is 5.97 Å². The lowest BCUT2D eigenvalue weighted by Gasteiger charge is -2.30. The highest BCUT2D eigenvalue weighted by molar-refractivity contribution is 5.74. The Balaban J connectivity index is 2.28. The summed E-state index contributed by atoms with van der Waals surface area (Å²) in [6.45, 7) is 4.04. The SMILES string of the molecule is CCC(NC(=O)NC(C)CCCC(=O)O)C1CCCCC1. The number of urea groups is 1. The molecule has 1 saturated carbocycles. The maximum Gasteiger partial charge on any atom is 0.315 e. The predicted octanol–water partition coefficient (Wildman–Crippen LogP) is 3.29. The summed E-state index contributed by atoms with van der Waals surface area (Å²) in [4.78, 5) is 22.5. The van der Waals surface area contributed by atoms with Crippen LogP contribution in [0, 0.1) is 5.92 Å². The van der Waals surface area contributed by atoms with Crippen molar-refractivity contribution in [2.45, 2.75) is 83.7 Å². The number of aliphatic carboxylic acids is 1. The van der Waals surface area contributed by atoms with Crippen LogP contribution >= 0.6 is 0 Å². The molecule has 2 unspecified atom stereocenters. The zero-order chi connectivity index (χ0) is 15.7. The van der Waals surface area contributed by atoms with E-state index in [2.05, 4.69) is 17.6 Å². The standard InChI is InChI=1S/C16H30N2O3/c1-3-14(13-9-5-4-6-10-13)18-16(21)17-12(2)8-7-11-15(19)20/h12-14H,3-11H2,1-2H3,(H,19,20)(H2,17,18,21). The third-order valence-electron chi connectivity index (χ3n) is 4.38. The van der Waals surface area contributed by atoms with Gasteiger partial charge in [-0.15, -0.1) is 0 Å². The largest absolute Gasteiger partial charge is 0.481 e. The summed E-state index contributed by atoms with van der Waals surface area (Å²) in [7, 11) is 0. The van der Waals surface area contributed by atoms with E-state index >= 15 is 0 Å². The van der Waals surface area contributed by atoms with Crippen molar-refractivity contribution in [1.29, 1.82) is 0 Å². The highest BCUT2D eigenvalue weighted by Crippen LogP contribution is 2.27. The van der Waals surface area contributed by atoms with Crippen LogP contribution in [-0.4, -0.2) is 29.2 Å². The molecule has 21 heavy (non-hydrogen) atoms. The number of nitrogens with one attached hydrogen (secondary N) is 2. The lowest BCUT2D eigenvalue weighted by atomic mass is 9.83. The first kappa shape index (κ1) is 17.8. The second kappa shape index (κ2) is 9.64. The summed E-state index contributed by atoms with van der Waals surface area (Å²) in [6.07, 6.45) is 8.71. The molecule has 1 rings (SSSR count). The Morgan fingerprint density at radius 1 is 1.19 bits per heavy atom. The molecule has 5 heteroatoms. The van der Waals surface area contributed by atoms with Gasteiger partial charge < -0.3 is 15.7 Å². The molecule has 1 fully saturated rings.